The molecule has 1 aromatic carbocycles. The molecule has 0 saturated carbocycles. The zero-order chi connectivity index (χ0) is 27.9. The molecule has 3 heterocycles. The minimum Gasteiger partial charge on any atom is -0.481 e. The Morgan fingerprint density at radius 1 is 1.24 bits per heavy atom. The number of hydrogen-bond donors (Lipinski definition) is 2. The number of carboxylic acid groups (broad SMARTS) is 1. The van der Waals surface area contributed by atoms with E-state index in [1.54, 1.807) is 11.0 Å². The van der Waals surface area contributed by atoms with E-state index in [-0.39, 0.29) is 29.8 Å². The van der Waals surface area contributed by atoms with Crippen LogP contribution in [-0.2, 0) is 19.1 Å². The molecule has 1 spiro atoms. The fourth-order valence-corrected chi connectivity index (χ4v) is 7.58. The predicted molar refractivity (Wildman–Crippen MR) is 148 cm³/mol. The molecule has 2 bridgehead atoms. The van der Waals surface area contributed by atoms with Crippen molar-refractivity contribution in [3.63, 3.8) is 0 Å². The van der Waals surface area contributed by atoms with Gasteiger partial charge in [-0.15, -0.1) is 6.58 Å². The first-order chi connectivity index (χ1) is 18.1. The molecule has 1 aromatic rings. The van der Waals surface area contributed by atoms with E-state index in [4.69, 9.17) is 4.74 Å². The van der Waals surface area contributed by atoms with E-state index in [1.807, 2.05) is 38.1 Å². The standard InChI is InChI=1S/C28H38BrN3O6/c1-6-13-31(18-11-9-17(10-12-18)30(7-2)8-3)26(35)24-28-14-19(29)23(38-28)21(27(36)37)22(28)25(34)32(24)20(15-33)16(4)5/h6,9-12,16,19-24,33H,1,7-8,13-15H2,2-5H3,(H,36,37)/t19?,20-,21-,22+,23-,24-,28+/m0/s1. The molecule has 0 aliphatic carbocycles. The SMILES string of the molecule is C=CCN(C(=O)[C@@H]1N([C@@H](CO)C(C)C)C(=O)[C@H]2[C@H](C(=O)O)[C@H]3O[C@@]12CC3Br)c1ccc(N(CC)CC)cc1. The van der Waals surface area contributed by atoms with Gasteiger partial charge in [0.05, 0.1) is 30.6 Å². The second kappa shape index (κ2) is 11.0. The first kappa shape index (κ1) is 28.6. The predicted octanol–water partition coefficient (Wildman–Crippen LogP) is 2.90. The largest absolute Gasteiger partial charge is 0.481 e. The fraction of sp³-hybridized carbons (Fsp3) is 0.607. The van der Waals surface area contributed by atoms with Gasteiger partial charge < -0.3 is 29.6 Å². The van der Waals surface area contributed by atoms with Gasteiger partial charge in [-0.2, -0.15) is 0 Å². The summed E-state index contributed by atoms with van der Waals surface area (Å²) in [6, 6.07) is 5.91. The molecule has 1 unspecified atom stereocenters. The Balaban J connectivity index is 1.81. The van der Waals surface area contributed by atoms with E-state index in [2.05, 4.69) is 41.3 Å². The van der Waals surface area contributed by atoms with Crippen LogP contribution in [0.1, 0.15) is 34.1 Å². The van der Waals surface area contributed by atoms with Crippen LogP contribution in [0.4, 0.5) is 11.4 Å². The summed E-state index contributed by atoms with van der Waals surface area (Å²) in [7, 11) is 0. The molecule has 10 heteroatoms. The van der Waals surface area contributed by atoms with Gasteiger partial charge in [-0.3, -0.25) is 14.4 Å². The van der Waals surface area contributed by atoms with Crippen LogP contribution in [0.5, 0.6) is 0 Å². The zero-order valence-electron chi connectivity index (χ0n) is 22.4. The Morgan fingerprint density at radius 3 is 2.34 bits per heavy atom. The summed E-state index contributed by atoms with van der Waals surface area (Å²) in [4.78, 5) is 45.7. The van der Waals surface area contributed by atoms with Crippen molar-refractivity contribution >= 4 is 45.1 Å². The molecule has 3 aliphatic rings. The lowest BCUT2D eigenvalue weighted by atomic mass is 9.70. The minimum atomic E-state index is -1.31. The normalized spacial score (nSPS) is 30.4. The van der Waals surface area contributed by atoms with Crippen molar-refractivity contribution in [3.05, 3.63) is 36.9 Å². The van der Waals surface area contributed by atoms with Gasteiger partial charge in [0.1, 0.15) is 11.6 Å². The Hall–Kier alpha value is -2.43. The number of halogens is 1. The summed E-state index contributed by atoms with van der Waals surface area (Å²) in [6.45, 7) is 13.3. The monoisotopic (exact) mass is 591 g/mol. The van der Waals surface area contributed by atoms with Gasteiger partial charge in [0.15, 0.2) is 0 Å². The van der Waals surface area contributed by atoms with Crippen molar-refractivity contribution in [1.29, 1.82) is 0 Å². The maximum atomic E-state index is 14.5. The van der Waals surface area contributed by atoms with E-state index in [0.29, 0.717) is 12.1 Å². The number of rotatable bonds is 11. The van der Waals surface area contributed by atoms with Crippen LogP contribution >= 0.6 is 15.9 Å². The van der Waals surface area contributed by atoms with E-state index in [9.17, 15) is 24.6 Å². The number of aliphatic carboxylic acids is 1. The van der Waals surface area contributed by atoms with Gasteiger partial charge in [-0.1, -0.05) is 35.9 Å². The topological polar surface area (TPSA) is 111 Å². The summed E-state index contributed by atoms with van der Waals surface area (Å²) in [5.74, 6) is -4.18. The van der Waals surface area contributed by atoms with Crippen molar-refractivity contribution < 1.29 is 29.3 Å². The van der Waals surface area contributed by atoms with Crippen molar-refractivity contribution in [2.24, 2.45) is 17.8 Å². The van der Waals surface area contributed by atoms with Crippen LogP contribution in [0.2, 0.25) is 0 Å². The number of alkyl halides is 1. The number of ether oxygens (including phenoxy) is 1. The number of aliphatic hydroxyl groups excluding tert-OH is 1. The number of aliphatic hydroxyl groups is 1. The molecular weight excluding hydrogens is 554 g/mol. The maximum Gasteiger partial charge on any atom is 0.310 e. The molecular formula is C28H38BrN3O6. The van der Waals surface area contributed by atoms with Crippen LogP contribution in [0.15, 0.2) is 36.9 Å². The molecule has 208 valence electrons. The maximum absolute atomic E-state index is 14.5. The highest BCUT2D eigenvalue weighted by molar-refractivity contribution is 9.09. The molecule has 9 nitrogen and oxygen atoms in total. The Morgan fingerprint density at radius 2 is 1.84 bits per heavy atom. The lowest BCUT2D eigenvalue weighted by Crippen LogP contribution is -2.60. The molecule has 3 saturated heterocycles. The number of carbonyl (C=O) groups excluding carboxylic acids is 2. The summed E-state index contributed by atoms with van der Waals surface area (Å²) in [5, 5.41) is 20.4. The van der Waals surface area contributed by atoms with Crippen LogP contribution < -0.4 is 9.80 Å². The van der Waals surface area contributed by atoms with Gasteiger partial charge in [0.25, 0.3) is 5.91 Å². The number of amides is 2. The van der Waals surface area contributed by atoms with Crippen LogP contribution in [0.3, 0.4) is 0 Å². The highest BCUT2D eigenvalue weighted by Crippen LogP contribution is 2.60. The third-order valence-corrected chi connectivity index (χ3v) is 9.27. The molecule has 3 fully saturated rings. The van der Waals surface area contributed by atoms with Gasteiger partial charge in [0.2, 0.25) is 5.91 Å². The summed E-state index contributed by atoms with van der Waals surface area (Å²) in [6.07, 6.45) is 1.23. The quantitative estimate of drug-likeness (QED) is 0.301. The fourth-order valence-electron chi connectivity index (χ4n) is 6.64. The minimum absolute atomic E-state index is 0.170. The molecule has 3 aliphatic heterocycles. The van der Waals surface area contributed by atoms with Crippen molar-refractivity contribution in [2.75, 3.05) is 36.0 Å². The molecule has 7 atom stereocenters. The van der Waals surface area contributed by atoms with Crippen molar-refractivity contribution in [3.8, 4) is 0 Å². The summed E-state index contributed by atoms with van der Waals surface area (Å²) < 4.78 is 6.37. The number of benzene rings is 1. The second-order valence-electron chi connectivity index (χ2n) is 10.7. The van der Waals surface area contributed by atoms with Crippen LogP contribution in [0, 0.1) is 17.8 Å². The van der Waals surface area contributed by atoms with Gasteiger partial charge in [0, 0.05) is 35.8 Å². The third kappa shape index (κ3) is 4.34. The first-order valence-corrected chi connectivity index (χ1v) is 14.2. The number of hydrogen-bond acceptors (Lipinski definition) is 6. The Bertz CT molecular complexity index is 1080. The molecule has 0 aromatic heterocycles. The lowest BCUT2D eigenvalue weighted by molar-refractivity contribution is -0.151. The Labute approximate surface area is 232 Å². The van der Waals surface area contributed by atoms with Crippen molar-refractivity contribution in [2.45, 2.75) is 62.7 Å². The zero-order valence-corrected chi connectivity index (χ0v) is 24.0. The van der Waals surface area contributed by atoms with Gasteiger partial charge >= 0.3 is 5.97 Å². The van der Waals surface area contributed by atoms with Gasteiger partial charge in [-0.05, 0) is 50.5 Å². The third-order valence-electron chi connectivity index (χ3n) is 8.43. The molecule has 0 radical (unpaired) electrons. The second-order valence-corrected chi connectivity index (χ2v) is 11.8. The Kier molecular flexibility index (Phi) is 8.26. The summed E-state index contributed by atoms with van der Waals surface area (Å²) >= 11 is 3.57. The van der Waals surface area contributed by atoms with E-state index >= 15 is 0 Å². The van der Waals surface area contributed by atoms with E-state index in [1.165, 1.54) is 4.90 Å². The van der Waals surface area contributed by atoms with Crippen LogP contribution in [0.25, 0.3) is 0 Å². The average Bonchev–Trinajstić information content (AvgIpc) is 3.47. The lowest BCUT2D eigenvalue weighted by Gasteiger charge is -2.40. The van der Waals surface area contributed by atoms with E-state index in [0.717, 1.165) is 18.8 Å². The molecule has 4 rings (SSSR count). The molecule has 38 heavy (non-hydrogen) atoms. The number of carbonyl (C=O) groups is 3. The molecule has 2 N–H and O–H groups in total. The van der Waals surface area contributed by atoms with E-state index < -0.39 is 47.5 Å². The average molecular weight is 593 g/mol. The number of likely N-dealkylation sites (tertiary alicyclic amines) is 1. The summed E-state index contributed by atoms with van der Waals surface area (Å²) in [5.41, 5.74) is 0.366. The number of fused-ring (bicyclic) bond motifs is 1. The van der Waals surface area contributed by atoms with Crippen molar-refractivity contribution in [1.82, 2.24) is 4.90 Å². The number of anilines is 2. The number of carboxylic acids is 1. The number of nitrogens with zero attached hydrogens (tertiary/aromatic N) is 3. The highest BCUT2D eigenvalue weighted by Gasteiger charge is 2.77. The van der Waals surface area contributed by atoms with Gasteiger partial charge in [-0.25, -0.2) is 0 Å². The highest BCUT2D eigenvalue weighted by atomic mass is 79.9. The van der Waals surface area contributed by atoms with Crippen LogP contribution in [-0.4, -0.2) is 87.8 Å². The first-order valence-electron chi connectivity index (χ1n) is 13.3. The smallest absolute Gasteiger partial charge is 0.310 e. The molecule has 2 amide bonds.